The summed E-state index contributed by atoms with van der Waals surface area (Å²) in [5.74, 6) is 2.03. The summed E-state index contributed by atoms with van der Waals surface area (Å²) in [4.78, 5) is 0. The van der Waals surface area contributed by atoms with Crippen molar-refractivity contribution in [2.24, 2.45) is 5.92 Å². The van der Waals surface area contributed by atoms with E-state index in [2.05, 4.69) is 51.1 Å². The molecule has 0 nitrogen and oxygen atoms in total. The fraction of sp³-hybridized carbons (Fsp3) is 0.500. The van der Waals surface area contributed by atoms with Gasteiger partial charge in [-0.15, -0.1) is 0 Å². The molecular formula is C12H18S. The van der Waals surface area contributed by atoms with Crippen molar-refractivity contribution < 1.29 is 0 Å². The molecule has 13 heavy (non-hydrogen) atoms. The van der Waals surface area contributed by atoms with Gasteiger partial charge in [-0.3, -0.25) is 0 Å². The molecule has 0 heterocycles. The van der Waals surface area contributed by atoms with Gasteiger partial charge in [-0.25, -0.2) is 0 Å². The van der Waals surface area contributed by atoms with Gasteiger partial charge < -0.3 is 0 Å². The molecule has 0 N–H and O–H groups in total. The minimum atomic E-state index is 0.628. The van der Waals surface area contributed by atoms with Crippen molar-refractivity contribution in [3.63, 3.8) is 0 Å². The first kappa shape index (κ1) is 10.6. The quantitative estimate of drug-likeness (QED) is 0.694. The third-order valence-corrected chi connectivity index (χ3v) is 3.58. The number of hydrogen-bond acceptors (Lipinski definition) is 1. The summed E-state index contributed by atoms with van der Waals surface area (Å²) in [6.07, 6.45) is 0. The third-order valence-electron chi connectivity index (χ3n) is 1.95. The summed E-state index contributed by atoms with van der Waals surface area (Å²) in [6, 6.07) is 10.7. The SMILES string of the molecule is CC(C)CSC(C)c1ccccc1. The lowest BCUT2D eigenvalue weighted by Crippen LogP contribution is -1.95. The Labute approximate surface area is 85.7 Å². The Morgan fingerprint density at radius 2 is 1.69 bits per heavy atom. The van der Waals surface area contributed by atoms with E-state index in [0.717, 1.165) is 5.92 Å². The Hall–Kier alpha value is -0.430. The van der Waals surface area contributed by atoms with Crippen LogP contribution in [0.4, 0.5) is 0 Å². The standard InChI is InChI=1S/C12H18S/c1-10(2)9-13-11(3)12-7-5-4-6-8-12/h4-8,10-11H,9H2,1-3H3. The lowest BCUT2D eigenvalue weighted by molar-refractivity contribution is 0.748. The van der Waals surface area contributed by atoms with Crippen LogP contribution in [0.5, 0.6) is 0 Å². The average molecular weight is 194 g/mol. The molecule has 72 valence electrons. The van der Waals surface area contributed by atoms with Gasteiger partial charge in [0, 0.05) is 5.25 Å². The monoisotopic (exact) mass is 194 g/mol. The van der Waals surface area contributed by atoms with E-state index in [1.54, 1.807) is 0 Å². The highest BCUT2D eigenvalue weighted by atomic mass is 32.2. The number of thioether (sulfide) groups is 1. The number of benzene rings is 1. The van der Waals surface area contributed by atoms with E-state index >= 15 is 0 Å². The number of hydrogen-bond donors (Lipinski definition) is 0. The normalized spacial score (nSPS) is 13.2. The Kier molecular flexibility index (Phi) is 4.37. The van der Waals surface area contributed by atoms with Crippen LogP contribution in [0.25, 0.3) is 0 Å². The second-order valence-electron chi connectivity index (χ2n) is 3.78. The minimum absolute atomic E-state index is 0.628. The van der Waals surface area contributed by atoms with Crippen molar-refractivity contribution in [1.29, 1.82) is 0 Å². The van der Waals surface area contributed by atoms with Crippen molar-refractivity contribution >= 4 is 11.8 Å². The van der Waals surface area contributed by atoms with Gasteiger partial charge >= 0.3 is 0 Å². The fourth-order valence-corrected chi connectivity index (χ4v) is 2.18. The Balaban J connectivity index is 2.44. The lowest BCUT2D eigenvalue weighted by atomic mass is 10.2. The summed E-state index contributed by atoms with van der Waals surface area (Å²) in [5, 5.41) is 0.628. The Morgan fingerprint density at radius 1 is 1.08 bits per heavy atom. The topological polar surface area (TPSA) is 0 Å². The molecule has 0 bridgehead atoms. The van der Waals surface area contributed by atoms with E-state index in [1.165, 1.54) is 11.3 Å². The van der Waals surface area contributed by atoms with E-state index < -0.39 is 0 Å². The molecule has 0 saturated carbocycles. The predicted octanol–water partition coefficient (Wildman–Crippen LogP) is 4.14. The van der Waals surface area contributed by atoms with Crippen molar-refractivity contribution in [3.8, 4) is 0 Å². The zero-order valence-electron chi connectivity index (χ0n) is 8.66. The summed E-state index contributed by atoms with van der Waals surface area (Å²) in [6.45, 7) is 6.82. The van der Waals surface area contributed by atoms with Crippen molar-refractivity contribution in [3.05, 3.63) is 35.9 Å². The maximum Gasteiger partial charge on any atom is 0.0269 e. The molecule has 0 aromatic heterocycles. The molecular weight excluding hydrogens is 176 g/mol. The molecule has 1 aromatic carbocycles. The van der Waals surface area contributed by atoms with Crippen LogP contribution in [-0.2, 0) is 0 Å². The predicted molar refractivity (Wildman–Crippen MR) is 62.2 cm³/mol. The van der Waals surface area contributed by atoms with Crippen LogP contribution in [-0.4, -0.2) is 5.75 Å². The smallest absolute Gasteiger partial charge is 0.0269 e. The molecule has 0 aliphatic heterocycles. The highest BCUT2D eigenvalue weighted by Gasteiger charge is 2.05. The highest BCUT2D eigenvalue weighted by Crippen LogP contribution is 2.28. The van der Waals surface area contributed by atoms with Crippen LogP contribution in [0, 0.1) is 5.92 Å². The molecule has 0 saturated heterocycles. The fourth-order valence-electron chi connectivity index (χ4n) is 1.16. The van der Waals surface area contributed by atoms with Gasteiger partial charge in [0.05, 0.1) is 0 Å². The number of rotatable bonds is 4. The van der Waals surface area contributed by atoms with Gasteiger partial charge in [0.1, 0.15) is 0 Å². The maximum atomic E-state index is 2.28. The lowest BCUT2D eigenvalue weighted by Gasteiger charge is -2.12. The Morgan fingerprint density at radius 3 is 2.23 bits per heavy atom. The molecule has 1 atom stereocenters. The van der Waals surface area contributed by atoms with E-state index in [9.17, 15) is 0 Å². The van der Waals surface area contributed by atoms with Crippen LogP contribution in [0.3, 0.4) is 0 Å². The van der Waals surface area contributed by atoms with Gasteiger partial charge in [-0.2, -0.15) is 11.8 Å². The van der Waals surface area contributed by atoms with E-state index in [1.807, 2.05) is 11.8 Å². The molecule has 0 fully saturated rings. The zero-order valence-corrected chi connectivity index (χ0v) is 9.47. The molecule has 0 spiro atoms. The van der Waals surface area contributed by atoms with Gasteiger partial charge in [-0.05, 0) is 24.2 Å². The van der Waals surface area contributed by atoms with Crippen molar-refractivity contribution in [2.45, 2.75) is 26.0 Å². The summed E-state index contributed by atoms with van der Waals surface area (Å²) < 4.78 is 0. The van der Waals surface area contributed by atoms with Crippen LogP contribution in [0.15, 0.2) is 30.3 Å². The average Bonchev–Trinajstić information content (AvgIpc) is 2.15. The first-order valence-corrected chi connectivity index (χ1v) is 5.91. The van der Waals surface area contributed by atoms with Gasteiger partial charge in [0.2, 0.25) is 0 Å². The molecule has 0 aliphatic rings. The first-order chi connectivity index (χ1) is 6.20. The van der Waals surface area contributed by atoms with Gasteiger partial charge in [-0.1, -0.05) is 44.2 Å². The zero-order chi connectivity index (χ0) is 9.68. The van der Waals surface area contributed by atoms with Crippen molar-refractivity contribution in [1.82, 2.24) is 0 Å². The molecule has 0 amide bonds. The second-order valence-corrected chi connectivity index (χ2v) is 5.15. The molecule has 0 aliphatic carbocycles. The largest absolute Gasteiger partial charge is 0.154 e. The minimum Gasteiger partial charge on any atom is -0.154 e. The van der Waals surface area contributed by atoms with E-state index in [-0.39, 0.29) is 0 Å². The van der Waals surface area contributed by atoms with E-state index in [0.29, 0.717) is 5.25 Å². The van der Waals surface area contributed by atoms with Crippen LogP contribution in [0.2, 0.25) is 0 Å². The summed E-state index contributed by atoms with van der Waals surface area (Å²) in [5.41, 5.74) is 1.44. The van der Waals surface area contributed by atoms with E-state index in [4.69, 9.17) is 0 Å². The molecule has 1 aromatic rings. The molecule has 1 unspecified atom stereocenters. The highest BCUT2D eigenvalue weighted by molar-refractivity contribution is 7.99. The van der Waals surface area contributed by atoms with Gasteiger partial charge in [0.15, 0.2) is 0 Å². The second kappa shape index (κ2) is 5.33. The Bertz CT molecular complexity index is 228. The third kappa shape index (κ3) is 3.86. The summed E-state index contributed by atoms with van der Waals surface area (Å²) in [7, 11) is 0. The molecule has 1 heteroatoms. The van der Waals surface area contributed by atoms with Gasteiger partial charge in [0.25, 0.3) is 0 Å². The molecule has 0 radical (unpaired) electrons. The van der Waals surface area contributed by atoms with Crippen LogP contribution >= 0.6 is 11.8 Å². The van der Waals surface area contributed by atoms with Crippen molar-refractivity contribution in [2.75, 3.05) is 5.75 Å². The van der Waals surface area contributed by atoms with Crippen LogP contribution < -0.4 is 0 Å². The van der Waals surface area contributed by atoms with Crippen LogP contribution in [0.1, 0.15) is 31.6 Å². The molecule has 1 rings (SSSR count). The first-order valence-electron chi connectivity index (χ1n) is 4.86. The maximum absolute atomic E-state index is 2.28. The summed E-state index contributed by atoms with van der Waals surface area (Å²) >= 11 is 2.04.